The van der Waals surface area contributed by atoms with Crippen LogP contribution in [-0.2, 0) is 11.3 Å². The number of fused-ring (bicyclic) bond motifs is 3. The van der Waals surface area contributed by atoms with Crippen LogP contribution in [0.4, 0.5) is 10.2 Å². The highest BCUT2D eigenvalue weighted by Crippen LogP contribution is 2.33. The minimum atomic E-state index is -0.283. The molecular formula is C23H21FN4O2. The van der Waals surface area contributed by atoms with Gasteiger partial charge in [0.2, 0.25) is 5.91 Å². The summed E-state index contributed by atoms with van der Waals surface area (Å²) in [4.78, 5) is 23.7. The number of furan rings is 1. The van der Waals surface area contributed by atoms with E-state index in [0.717, 1.165) is 47.3 Å². The van der Waals surface area contributed by atoms with Crippen LogP contribution in [0.2, 0.25) is 0 Å². The van der Waals surface area contributed by atoms with Crippen LogP contribution < -0.4 is 10.2 Å². The number of rotatable bonds is 4. The standard InChI is InChI=1S/C23H21FN4O2/c24-17-9-7-15(8-10-17)12-25-23(29)16-4-3-11-28(13-16)22-21-20(26-14-27-22)18-5-1-2-6-19(18)30-21/h1-2,5-10,14,16H,3-4,11-13H2,(H,25,29)/t16-/m1/s1. The minimum absolute atomic E-state index is 0.000990. The van der Waals surface area contributed by atoms with Gasteiger partial charge in [0.05, 0.1) is 5.92 Å². The molecule has 1 aliphatic rings. The van der Waals surface area contributed by atoms with Crippen molar-refractivity contribution in [2.24, 2.45) is 5.92 Å². The molecule has 0 saturated carbocycles. The molecule has 152 valence electrons. The van der Waals surface area contributed by atoms with Gasteiger partial charge in [0.1, 0.15) is 23.2 Å². The molecule has 6 nitrogen and oxygen atoms in total. The van der Waals surface area contributed by atoms with E-state index in [4.69, 9.17) is 4.42 Å². The third-order valence-corrected chi connectivity index (χ3v) is 5.61. The van der Waals surface area contributed by atoms with Crippen LogP contribution in [-0.4, -0.2) is 29.0 Å². The second-order valence-corrected chi connectivity index (χ2v) is 7.60. The Morgan fingerprint density at radius 1 is 1.17 bits per heavy atom. The molecule has 1 amide bonds. The van der Waals surface area contributed by atoms with Crippen molar-refractivity contribution in [3.05, 3.63) is 66.2 Å². The van der Waals surface area contributed by atoms with Gasteiger partial charge in [0, 0.05) is 25.0 Å². The predicted octanol–water partition coefficient (Wildman–Crippen LogP) is 4.05. The molecule has 0 radical (unpaired) electrons. The van der Waals surface area contributed by atoms with Gasteiger partial charge in [-0.2, -0.15) is 0 Å². The van der Waals surface area contributed by atoms with Crippen molar-refractivity contribution in [2.75, 3.05) is 18.0 Å². The van der Waals surface area contributed by atoms with Crippen molar-refractivity contribution in [3.63, 3.8) is 0 Å². The van der Waals surface area contributed by atoms with Crippen molar-refractivity contribution in [1.82, 2.24) is 15.3 Å². The second kappa shape index (κ2) is 7.74. The fraction of sp³-hybridized carbons (Fsp3) is 0.261. The summed E-state index contributed by atoms with van der Waals surface area (Å²) in [5.41, 5.74) is 3.10. The average molecular weight is 404 g/mol. The molecular weight excluding hydrogens is 383 g/mol. The van der Waals surface area contributed by atoms with Crippen molar-refractivity contribution in [3.8, 4) is 0 Å². The topological polar surface area (TPSA) is 71.3 Å². The fourth-order valence-electron chi connectivity index (χ4n) is 4.06. The maximum atomic E-state index is 13.0. The number of para-hydroxylation sites is 1. The van der Waals surface area contributed by atoms with Gasteiger partial charge in [-0.05, 0) is 42.7 Å². The lowest BCUT2D eigenvalue weighted by Crippen LogP contribution is -2.43. The summed E-state index contributed by atoms with van der Waals surface area (Å²) in [6.45, 7) is 1.76. The number of piperidine rings is 1. The number of carbonyl (C=O) groups excluding carboxylic acids is 1. The Labute approximate surface area is 172 Å². The van der Waals surface area contributed by atoms with Crippen molar-refractivity contribution in [1.29, 1.82) is 0 Å². The number of nitrogens with one attached hydrogen (secondary N) is 1. The van der Waals surface area contributed by atoms with E-state index >= 15 is 0 Å². The molecule has 0 aliphatic carbocycles. The van der Waals surface area contributed by atoms with Gasteiger partial charge in [0.15, 0.2) is 11.4 Å². The highest BCUT2D eigenvalue weighted by Gasteiger charge is 2.28. The number of amides is 1. The van der Waals surface area contributed by atoms with E-state index in [1.807, 2.05) is 24.3 Å². The lowest BCUT2D eigenvalue weighted by Gasteiger charge is -2.32. The fourth-order valence-corrected chi connectivity index (χ4v) is 4.06. The number of anilines is 1. The van der Waals surface area contributed by atoms with Gasteiger partial charge >= 0.3 is 0 Å². The number of halogens is 1. The zero-order valence-corrected chi connectivity index (χ0v) is 16.3. The van der Waals surface area contributed by atoms with Crippen LogP contribution in [0, 0.1) is 11.7 Å². The first-order valence-electron chi connectivity index (χ1n) is 10.1. The Hall–Kier alpha value is -3.48. The normalized spacial score (nSPS) is 16.8. The molecule has 30 heavy (non-hydrogen) atoms. The van der Waals surface area contributed by atoms with Gasteiger partial charge in [0.25, 0.3) is 0 Å². The molecule has 1 fully saturated rings. The first-order chi connectivity index (χ1) is 14.7. The molecule has 1 saturated heterocycles. The zero-order chi connectivity index (χ0) is 20.5. The van der Waals surface area contributed by atoms with Crippen LogP contribution in [0.1, 0.15) is 18.4 Å². The molecule has 3 heterocycles. The molecule has 1 atom stereocenters. The Morgan fingerprint density at radius 2 is 2.00 bits per heavy atom. The number of aromatic nitrogens is 2. The quantitative estimate of drug-likeness (QED) is 0.556. The Morgan fingerprint density at radius 3 is 2.87 bits per heavy atom. The minimum Gasteiger partial charge on any atom is -0.450 e. The molecule has 0 spiro atoms. The van der Waals surface area contributed by atoms with Crippen molar-refractivity contribution < 1.29 is 13.6 Å². The smallest absolute Gasteiger partial charge is 0.225 e. The molecule has 2 aromatic heterocycles. The maximum absolute atomic E-state index is 13.0. The molecule has 0 unspecified atom stereocenters. The Balaban J connectivity index is 1.34. The summed E-state index contributed by atoms with van der Waals surface area (Å²) in [7, 11) is 0. The molecule has 4 aromatic rings. The van der Waals surface area contributed by atoms with Crippen LogP contribution >= 0.6 is 0 Å². The predicted molar refractivity (Wildman–Crippen MR) is 112 cm³/mol. The van der Waals surface area contributed by atoms with E-state index in [1.165, 1.54) is 12.1 Å². The first kappa shape index (κ1) is 18.5. The average Bonchev–Trinajstić information content (AvgIpc) is 3.17. The number of hydrogen-bond donors (Lipinski definition) is 1. The Kier molecular flexibility index (Phi) is 4.78. The summed E-state index contributed by atoms with van der Waals surface area (Å²) >= 11 is 0. The van der Waals surface area contributed by atoms with E-state index in [1.54, 1.807) is 18.5 Å². The molecule has 1 aliphatic heterocycles. The number of carbonyl (C=O) groups is 1. The highest BCUT2D eigenvalue weighted by molar-refractivity contribution is 6.05. The largest absolute Gasteiger partial charge is 0.450 e. The summed E-state index contributed by atoms with van der Waals surface area (Å²) in [6, 6.07) is 14.0. The van der Waals surface area contributed by atoms with Crippen LogP contribution in [0.3, 0.4) is 0 Å². The summed E-state index contributed by atoms with van der Waals surface area (Å²) < 4.78 is 19.1. The van der Waals surface area contributed by atoms with Crippen LogP contribution in [0.5, 0.6) is 0 Å². The summed E-state index contributed by atoms with van der Waals surface area (Å²) in [5.74, 6) is 0.300. The summed E-state index contributed by atoms with van der Waals surface area (Å²) in [5, 5.41) is 3.93. The molecule has 1 N–H and O–H groups in total. The highest BCUT2D eigenvalue weighted by atomic mass is 19.1. The molecule has 0 bridgehead atoms. The van der Waals surface area contributed by atoms with E-state index in [9.17, 15) is 9.18 Å². The second-order valence-electron chi connectivity index (χ2n) is 7.60. The van der Waals surface area contributed by atoms with E-state index in [-0.39, 0.29) is 17.6 Å². The van der Waals surface area contributed by atoms with E-state index in [0.29, 0.717) is 18.7 Å². The monoisotopic (exact) mass is 404 g/mol. The van der Waals surface area contributed by atoms with Gasteiger partial charge in [-0.25, -0.2) is 14.4 Å². The number of nitrogens with zero attached hydrogens (tertiary/aromatic N) is 3. The van der Waals surface area contributed by atoms with Gasteiger partial charge in [-0.1, -0.05) is 24.3 Å². The van der Waals surface area contributed by atoms with Gasteiger partial charge in [-0.3, -0.25) is 4.79 Å². The number of benzene rings is 2. The van der Waals surface area contributed by atoms with Crippen molar-refractivity contribution in [2.45, 2.75) is 19.4 Å². The lowest BCUT2D eigenvalue weighted by molar-refractivity contribution is -0.125. The molecule has 2 aromatic carbocycles. The first-order valence-corrected chi connectivity index (χ1v) is 10.1. The van der Waals surface area contributed by atoms with E-state index < -0.39 is 0 Å². The SMILES string of the molecule is O=C(NCc1ccc(F)cc1)[C@@H]1CCCN(c2ncnc3c2oc2ccccc23)C1. The Bertz CT molecular complexity index is 1210. The summed E-state index contributed by atoms with van der Waals surface area (Å²) in [6.07, 6.45) is 3.26. The lowest BCUT2D eigenvalue weighted by atomic mass is 9.97. The van der Waals surface area contributed by atoms with E-state index in [2.05, 4.69) is 20.2 Å². The number of hydrogen-bond acceptors (Lipinski definition) is 5. The molecule has 5 rings (SSSR count). The maximum Gasteiger partial charge on any atom is 0.225 e. The zero-order valence-electron chi connectivity index (χ0n) is 16.3. The third kappa shape index (κ3) is 3.47. The molecule has 7 heteroatoms. The van der Waals surface area contributed by atoms with Crippen molar-refractivity contribution >= 4 is 33.8 Å². The van der Waals surface area contributed by atoms with Crippen LogP contribution in [0.15, 0.2) is 59.3 Å². The van der Waals surface area contributed by atoms with Gasteiger partial charge in [-0.15, -0.1) is 0 Å². The van der Waals surface area contributed by atoms with Crippen LogP contribution in [0.25, 0.3) is 22.1 Å². The third-order valence-electron chi connectivity index (χ3n) is 5.61. The van der Waals surface area contributed by atoms with Gasteiger partial charge < -0.3 is 14.6 Å².